The SMILES string of the molecule is Cc1nn(-c2cc(C(F)(F)F)c(F)c(O)c2F)c2cnc(N3CCOC4(CC4)C3)nc12. The second-order valence-corrected chi connectivity index (χ2v) is 7.77. The Morgan fingerprint density at radius 2 is 1.94 bits per heavy atom. The van der Waals surface area contributed by atoms with Gasteiger partial charge < -0.3 is 14.7 Å². The van der Waals surface area contributed by atoms with E-state index in [2.05, 4.69) is 15.1 Å². The third kappa shape index (κ3) is 3.16. The lowest BCUT2D eigenvalue weighted by molar-refractivity contribution is -0.140. The number of morpholine rings is 1. The largest absolute Gasteiger partial charge is 0.503 e. The van der Waals surface area contributed by atoms with E-state index in [1.807, 2.05) is 4.90 Å². The van der Waals surface area contributed by atoms with Gasteiger partial charge in [0, 0.05) is 13.1 Å². The minimum absolute atomic E-state index is 0.119. The molecule has 0 unspecified atom stereocenters. The Kier molecular flexibility index (Phi) is 4.17. The maximum atomic E-state index is 14.5. The number of hydrogen-bond acceptors (Lipinski definition) is 6. The van der Waals surface area contributed by atoms with Crippen molar-refractivity contribution in [3.8, 4) is 11.4 Å². The number of aromatic hydroxyl groups is 1. The molecule has 164 valence electrons. The van der Waals surface area contributed by atoms with Gasteiger partial charge in [0.25, 0.3) is 0 Å². The zero-order valence-electron chi connectivity index (χ0n) is 16.2. The molecule has 1 saturated heterocycles. The average molecular weight is 441 g/mol. The Labute approximate surface area is 172 Å². The lowest BCUT2D eigenvalue weighted by Gasteiger charge is -2.33. The topological polar surface area (TPSA) is 76.3 Å². The molecule has 1 N–H and O–H groups in total. The number of fused-ring (bicyclic) bond motifs is 1. The second kappa shape index (κ2) is 6.49. The number of ether oxygens (including phenoxy) is 1. The van der Waals surface area contributed by atoms with Crippen LogP contribution < -0.4 is 4.90 Å². The molecule has 2 aromatic heterocycles. The Balaban J connectivity index is 1.61. The number of hydrogen-bond donors (Lipinski definition) is 1. The number of benzene rings is 1. The van der Waals surface area contributed by atoms with E-state index in [0.717, 1.165) is 17.5 Å². The van der Waals surface area contributed by atoms with Crippen molar-refractivity contribution in [2.45, 2.75) is 31.5 Å². The van der Waals surface area contributed by atoms with Gasteiger partial charge in [-0.15, -0.1) is 0 Å². The fourth-order valence-corrected chi connectivity index (χ4v) is 3.80. The zero-order valence-corrected chi connectivity index (χ0v) is 16.2. The summed E-state index contributed by atoms with van der Waals surface area (Å²) in [7, 11) is 0. The average Bonchev–Trinajstić information content (AvgIpc) is 3.38. The van der Waals surface area contributed by atoms with E-state index < -0.39 is 34.8 Å². The van der Waals surface area contributed by atoms with Crippen molar-refractivity contribution in [2.75, 3.05) is 24.6 Å². The standard InChI is InChI=1S/C19H16F5N5O2/c1-9-15-12(7-25-17(26-15)28-4-5-31-18(8-28)2-3-18)29(27-9)11-6-10(19(22,23)24)13(20)16(30)14(11)21/h6-7,30H,2-5,8H2,1H3. The summed E-state index contributed by atoms with van der Waals surface area (Å²) in [5, 5.41) is 13.7. The van der Waals surface area contributed by atoms with Crippen LogP contribution in [0.15, 0.2) is 12.3 Å². The normalized spacial score (nSPS) is 18.2. The van der Waals surface area contributed by atoms with Crippen molar-refractivity contribution in [3.63, 3.8) is 0 Å². The second-order valence-electron chi connectivity index (χ2n) is 7.77. The maximum absolute atomic E-state index is 14.5. The number of alkyl halides is 3. The molecule has 1 aliphatic heterocycles. The summed E-state index contributed by atoms with van der Waals surface area (Å²) in [5.74, 6) is -4.97. The molecule has 7 nitrogen and oxygen atoms in total. The van der Waals surface area contributed by atoms with Crippen molar-refractivity contribution in [1.29, 1.82) is 0 Å². The summed E-state index contributed by atoms with van der Waals surface area (Å²) in [5.41, 5.74) is -2.00. The van der Waals surface area contributed by atoms with Gasteiger partial charge in [-0.05, 0) is 25.8 Å². The van der Waals surface area contributed by atoms with E-state index in [4.69, 9.17) is 4.74 Å². The van der Waals surface area contributed by atoms with Gasteiger partial charge in [0.15, 0.2) is 17.4 Å². The molecule has 3 heterocycles. The summed E-state index contributed by atoms with van der Waals surface area (Å²) in [6.07, 6.45) is -1.91. The number of nitrogens with zero attached hydrogens (tertiary/aromatic N) is 5. The first-order valence-electron chi connectivity index (χ1n) is 9.49. The van der Waals surface area contributed by atoms with E-state index in [-0.39, 0.29) is 17.2 Å². The fraction of sp³-hybridized carbons (Fsp3) is 0.421. The van der Waals surface area contributed by atoms with Crippen molar-refractivity contribution in [1.82, 2.24) is 19.7 Å². The van der Waals surface area contributed by atoms with Crippen LogP contribution >= 0.6 is 0 Å². The fourth-order valence-electron chi connectivity index (χ4n) is 3.80. The highest BCUT2D eigenvalue weighted by molar-refractivity contribution is 5.80. The molecule has 12 heteroatoms. The molecule has 5 rings (SSSR count). The predicted octanol–water partition coefficient (Wildman–Crippen LogP) is 3.50. The Hall–Kier alpha value is -3.02. The summed E-state index contributed by atoms with van der Waals surface area (Å²) in [6, 6.07) is 0.267. The van der Waals surface area contributed by atoms with Crippen LogP contribution in [0.4, 0.5) is 27.9 Å². The van der Waals surface area contributed by atoms with E-state index in [0.29, 0.717) is 36.9 Å². The molecule has 0 bridgehead atoms. The molecule has 3 aromatic rings. The third-order valence-electron chi connectivity index (χ3n) is 5.61. The molecule has 0 amide bonds. The van der Waals surface area contributed by atoms with Gasteiger partial charge in [-0.3, -0.25) is 0 Å². The first-order valence-corrected chi connectivity index (χ1v) is 9.49. The molecule has 2 fully saturated rings. The molecule has 0 atom stereocenters. The van der Waals surface area contributed by atoms with Crippen molar-refractivity contribution >= 4 is 17.0 Å². The molecule has 1 aliphatic carbocycles. The molecular formula is C19H16F5N5O2. The highest BCUT2D eigenvalue weighted by atomic mass is 19.4. The molecule has 31 heavy (non-hydrogen) atoms. The first-order chi connectivity index (χ1) is 14.6. The van der Waals surface area contributed by atoms with Crippen LogP contribution in [0, 0.1) is 18.6 Å². The lowest BCUT2D eigenvalue weighted by atomic mass is 10.1. The molecule has 0 radical (unpaired) electrons. The maximum Gasteiger partial charge on any atom is 0.419 e. The van der Waals surface area contributed by atoms with Crippen LogP contribution in [0.25, 0.3) is 16.7 Å². The van der Waals surface area contributed by atoms with Gasteiger partial charge in [0.05, 0.1) is 29.7 Å². The Morgan fingerprint density at radius 3 is 2.61 bits per heavy atom. The highest BCUT2D eigenvalue weighted by Gasteiger charge is 2.48. The van der Waals surface area contributed by atoms with E-state index in [1.165, 1.54) is 6.20 Å². The lowest BCUT2D eigenvalue weighted by Crippen LogP contribution is -2.44. The van der Waals surface area contributed by atoms with Gasteiger partial charge in [-0.1, -0.05) is 0 Å². The number of phenols is 1. The van der Waals surface area contributed by atoms with Crippen LogP contribution in [0.5, 0.6) is 5.75 Å². The summed E-state index contributed by atoms with van der Waals surface area (Å²) in [6.45, 7) is 3.29. The van der Waals surface area contributed by atoms with Crippen molar-refractivity contribution in [2.24, 2.45) is 0 Å². The van der Waals surface area contributed by atoms with Crippen molar-refractivity contribution < 1.29 is 31.8 Å². The molecule has 1 saturated carbocycles. The van der Waals surface area contributed by atoms with E-state index >= 15 is 0 Å². The number of rotatable bonds is 2. The van der Waals surface area contributed by atoms with Crippen LogP contribution in [0.3, 0.4) is 0 Å². The number of phenolic OH excluding ortho intramolecular Hbond substituents is 1. The predicted molar refractivity (Wildman–Crippen MR) is 98.1 cm³/mol. The highest BCUT2D eigenvalue weighted by Crippen LogP contribution is 2.43. The minimum atomic E-state index is -5.14. The van der Waals surface area contributed by atoms with Gasteiger partial charge in [0.1, 0.15) is 16.7 Å². The molecular weight excluding hydrogens is 425 g/mol. The zero-order chi connectivity index (χ0) is 22.1. The van der Waals surface area contributed by atoms with Gasteiger partial charge in [-0.25, -0.2) is 23.4 Å². The summed E-state index contributed by atoms with van der Waals surface area (Å²) < 4.78 is 74.4. The third-order valence-corrected chi connectivity index (χ3v) is 5.61. The Bertz CT molecular complexity index is 1200. The summed E-state index contributed by atoms with van der Waals surface area (Å²) in [4.78, 5) is 10.7. The molecule has 1 spiro atoms. The minimum Gasteiger partial charge on any atom is -0.503 e. The van der Waals surface area contributed by atoms with E-state index in [1.54, 1.807) is 6.92 Å². The quantitative estimate of drug-likeness (QED) is 0.614. The molecule has 2 aliphatic rings. The van der Waals surface area contributed by atoms with Gasteiger partial charge in [0.2, 0.25) is 5.95 Å². The number of halogens is 5. The van der Waals surface area contributed by atoms with Gasteiger partial charge >= 0.3 is 6.18 Å². The number of aryl methyl sites for hydroxylation is 1. The first kappa shape index (κ1) is 19.9. The van der Waals surface area contributed by atoms with E-state index in [9.17, 15) is 27.1 Å². The van der Waals surface area contributed by atoms with Crippen molar-refractivity contribution in [3.05, 3.63) is 35.2 Å². The number of aromatic nitrogens is 4. The Morgan fingerprint density at radius 1 is 1.19 bits per heavy atom. The van der Waals surface area contributed by atoms with Crippen LogP contribution in [0.1, 0.15) is 24.1 Å². The van der Waals surface area contributed by atoms with Gasteiger partial charge in [-0.2, -0.15) is 18.3 Å². The molecule has 1 aromatic carbocycles. The van der Waals surface area contributed by atoms with Crippen LogP contribution in [-0.4, -0.2) is 50.2 Å². The summed E-state index contributed by atoms with van der Waals surface area (Å²) >= 11 is 0. The monoisotopic (exact) mass is 441 g/mol. The number of anilines is 1. The smallest absolute Gasteiger partial charge is 0.419 e. The van der Waals surface area contributed by atoms with Crippen LogP contribution in [0.2, 0.25) is 0 Å². The van der Waals surface area contributed by atoms with Crippen LogP contribution in [-0.2, 0) is 10.9 Å².